The molecular formula is C25H26ClNO3S. The molecule has 2 aromatic carbocycles. The van der Waals surface area contributed by atoms with Crippen LogP contribution in [0, 0.1) is 0 Å². The van der Waals surface area contributed by atoms with E-state index in [9.17, 15) is 0 Å². The van der Waals surface area contributed by atoms with Gasteiger partial charge in [-0.15, -0.1) is 11.3 Å². The molecule has 6 heteroatoms. The Balaban J connectivity index is 0.00000231. The molecule has 1 fully saturated rings. The van der Waals surface area contributed by atoms with Crippen LogP contribution in [0.4, 0.5) is 0 Å². The van der Waals surface area contributed by atoms with Crippen LogP contribution >= 0.6 is 11.3 Å². The predicted octanol–water partition coefficient (Wildman–Crippen LogP) is 0.611. The van der Waals surface area contributed by atoms with Gasteiger partial charge in [0.15, 0.2) is 0 Å². The van der Waals surface area contributed by atoms with E-state index in [-0.39, 0.29) is 18.3 Å². The molecule has 0 bridgehead atoms. The van der Waals surface area contributed by atoms with Crippen LogP contribution in [0.2, 0.25) is 0 Å². The number of benzene rings is 2. The van der Waals surface area contributed by atoms with E-state index < -0.39 is 0 Å². The van der Waals surface area contributed by atoms with Gasteiger partial charge in [0.05, 0.1) is 25.2 Å². The molecule has 1 atom stereocenters. The van der Waals surface area contributed by atoms with Crippen LogP contribution in [0.15, 0.2) is 71.6 Å². The topological polar surface area (TPSA) is 32.1 Å². The van der Waals surface area contributed by atoms with Gasteiger partial charge in [0.2, 0.25) is 0 Å². The van der Waals surface area contributed by atoms with Crippen molar-refractivity contribution >= 4 is 17.1 Å². The third-order valence-electron chi connectivity index (χ3n) is 5.92. The highest BCUT2D eigenvalue weighted by Gasteiger charge is 2.34. The van der Waals surface area contributed by atoms with Crippen molar-refractivity contribution in [3.8, 4) is 11.5 Å². The summed E-state index contributed by atoms with van der Waals surface area (Å²) in [5.74, 6) is 3.00. The number of morpholine rings is 1. The summed E-state index contributed by atoms with van der Waals surface area (Å²) in [4.78, 5) is 2.73. The Morgan fingerprint density at radius 3 is 2.48 bits per heavy atom. The fraction of sp³-hybridized carbons (Fsp3) is 0.280. The Morgan fingerprint density at radius 2 is 1.77 bits per heavy atom. The van der Waals surface area contributed by atoms with Crippen LogP contribution in [-0.4, -0.2) is 40.0 Å². The number of hydrogen-bond acceptors (Lipinski definition) is 4. The minimum Gasteiger partial charge on any atom is -1.00 e. The highest BCUT2D eigenvalue weighted by atomic mass is 35.5. The van der Waals surface area contributed by atoms with Gasteiger partial charge in [0, 0.05) is 17.1 Å². The largest absolute Gasteiger partial charge is 1.00 e. The van der Waals surface area contributed by atoms with Crippen LogP contribution < -0.4 is 26.8 Å². The Kier molecular flexibility index (Phi) is 6.98. The number of methoxy groups -OCH3 is 1. The Hall–Kier alpha value is -2.31. The minimum absolute atomic E-state index is 0. The van der Waals surface area contributed by atoms with Gasteiger partial charge in [-0.1, -0.05) is 36.4 Å². The Morgan fingerprint density at radius 1 is 1.00 bits per heavy atom. The first-order valence-electron chi connectivity index (χ1n) is 10.4. The molecule has 1 N–H and O–H groups in total. The van der Waals surface area contributed by atoms with Crippen molar-refractivity contribution in [1.29, 1.82) is 0 Å². The molecule has 2 aliphatic heterocycles. The molecule has 5 rings (SSSR count). The molecule has 0 amide bonds. The standard InChI is InChI=1S/C25H25NO3S.ClH/c1-27-19-10-8-18(9-11-19)24-20-5-2-3-6-22(20)29-25(23-7-4-16-30-23)21(24)17-26-12-14-28-15-13-26;/h2-11,16,24H,12-15,17H2,1H3;1H. The molecule has 1 aromatic heterocycles. The van der Waals surface area contributed by atoms with Gasteiger partial charge in [-0.25, -0.2) is 0 Å². The molecule has 0 spiro atoms. The van der Waals surface area contributed by atoms with Crippen molar-refractivity contribution < 1.29 is 31.5 Å². The molecule has 0 radical (unpaired) electrons. The molecule has 2 aliphatic rings. The zero-order valence-corrected chi connectivity index (χ0v) is 19.0. The average Bonchev–Trinajstić information content (AvgIpc) is 3.34. The first-order valence-corrected chi connectivity index (χ1v) is 11.3. The van der Waals surface area contributed by atoms with Crippen molar-refractivity contribution in [2.24, 2.45) is 0 Å². The highest BCUT2D eigenvalue weighted by Crippen LogP contribution is 2.46. The van der Waals surface area contributed by atoms with Gasteiger partial charge in [-0.2, -0.15) is 0 Å². The van der Waals surface area contributed by atoms with E-state index in [1.807, 2.05) is 6.07 Å². The molecule has 0 saturated carbocycles. The van der Waals surface area contributed by atoms with Gasteiger partial charge in [0.25, 0.3) is 0 Å². The SMILES string of the molecule is COc1ccc(C2C(C[NH+]3CCOCC3)=C(c3cccs3)Oc3ccccc32)cc1.[Cl-]. The van der Waals surface area contributed by atoms with Crippen molar-refractivity contribution in [3.63, 3.8) is 0 Å². The lowest BCUT2D eigenvalue weighted by molar-refractivity contribution is -0.903. The number of fused-ring (bicyclic) bond motifs is 1. The fourth-order valence-electron chi connectivity index (χ4n) is 4.39. The summed E-state index contributed by atoms with van der Waals surface area (Å²) >= 11 is 1.74. The lowest BCUT2D eigenvalue weighted by atomic mass is 9.81. The second-order valence-corrected chi connectivity index (χ2v) is 8.66. The zero-order valence-electron chi connectivity index (χ0n) is 17.5. The normalized spacial score (nSPS) is 18.7. The van der Waals surface area contributed by atoms with Crippen LogP contribution in [0.3, 0.4) is 0 Å². The lowest BCUT2D eigenvalue weighted by Gasteiger charge is -2.33. The molecule has 31 heavy (non-hydrogen) atoms. The molecule has 1 saturated heterocycles. The second-order valence-electron chi connectivity index (χ2n) is 7.72. The molecule has 162 valence electrons. The number of rotatable bonds is 5. The van der Waals surface area contributed by atoms with Gasteiger partial charge < -0.3 is 31.5 Å². The van der Waals surface area contributed by atoms with Crippen molar-refractivity contribution in [3.05, 3.63) is 87.6 Å². The summed E-state index contributed by atoms with van der Waals surface area (Å²) < 4.78 is 17.6. The van der Waals surface area contributed by atoms with Gasteiger partial charge in [-0.3, -0.25) is 0 Å². The summed E-state index contributed by atoms with van der Waals surface area (Å²) in [5, 5.41) is 2.12. The summed E-state index contributed by atoms with van der Waals surface area (Å²) in [7, 11) is 1.71. The third kappa shape index (κ3) is 4.51. The molecule has 0 aliphatic carbocycles. The quantitative estimate of drug-likeness (QED) is 0.612. The average molecular weight is 456 g/mol. The number of hydrogen-bond donors (Lipinski definition) is 1. The van der Waals surface area contributed by atoms with E-state index in [1.165, 1.54) is 21.6 Å². The van der Waals surface area contributed by atoms with Crippen LogP contribution in [0.5, 0.6) is 11.5 Å². The van der Waals surface area contributed by atoms with Crippen molar-refractivity contribution in [1.82, 2.24) is 0 Å². The van der Waals surface area contributed by atoms with E-state index in [4.69, 9.17) is 14.2 Å². The third-order valence-corrected chi connectivity index (χ3v) is 6.79. The molecule has 4 nitrogen and oxygen atoms in total. The number of halogens is 1. The predicted molar refractivity (Wildman–Crippen MR) is 120 cm³/mol. The van der Waals surface area contributed by atoms with Crippen molar-refractivity contribution in [2.45, 2.75) is 5.92 Å². The number of quaternary nitrogens is 1. The fourth-order valence-corrected chi connectivity index (χ4v) is 5.13. The van der Waals surface area contributed by atoms with Gasteiger partial charge in [0.1, 0.15) is 36.9 Å². The van der Waals surface area contributed by atoms with Crippen LogP contribution in [0.1, 0.15) is 21.9 Å². The first kappa shape index (κ1) is 21.9. The maximum atomic E-state index is 6.55. The first-order chi connectivity index (χ1) is 14.8. The Bertz CT molecular complexity index is 1030. The maximum absolute atomic E-state index is 6.55. The summed E-state index contributed by atoms with van der Waals surface area (Å²) in [5.41, 5.74) is 3.84. The van der Waals surface area contributed by atoms with E-state index in [0.29, 0.717) is 0 Å². The smallest absolute Gasteiger partial charge is 0.150 e. The number of thiophene rings is 1. The van der Waals surface area contributed by atoms with Crippen molar-refractivity contribution in [2.75, 3.05) is 40.0 Å². The number of nitrogens with one attached hydrogen (secondary N) is 1. The highest BCUT2D eigenvalue weighted by molar-refractivity contribution is 7.11. The zero-order chi connectivity index (χ0) is 20.3. The number of para-hydroxylation sites is 1. The van der Waals surface area contributed by atoms with E-state index >= 15 is 0 Å². The minimum atomic E-state index is 0. The molecule has 3 heterocycles. The maximum Gasteiger partial charge on any atom is 0.150 e. The monoisotopic (exact) mass is 455 g/mol. The van der Waals surface area contributed by atoms with Gasteiger partial charge >= 0.3 is 0 Å². The van der Waals surface area contributed by atoms with E-state index in [2.05, 4.69) is 60.0 Å². The number of ether oxygens (including phenoxy) is 3. The lowest BCUT2D eigenvalue weighted by Crippen LogP contribution is -3.14. The van der Waals surface area contributed by atoms with Crippen LogP contribution in [0.25, 0.3) is 5.76 Å². The van der Waals surface area contributed by atoms with Crippen LogP contribution in [-0.2, 0) is 4.74 Å². The van der Waals surface area contributed by atoms with Gasteiger partial charge in [-0.05, 0) is 35.2 Å². The molecule has 1 unspecified atom stereocenters. The summed E-state index contributed by atoms with van der Waals surface area (Å²) in [6.45, 7) is 4.64. The second kappa shape index (κ2) is 9.88. The summed E-state index contributed by atoms with van der Waals surface area (Å²) in [6.07, 6.45) is 0. The summed E-state index contributed by atoms with van der Waals surface area (Å²) in [6, 6.07) is 21.2. The Labute approximate surface area is 193 Å². The molecular weight excluding hydrogens is 430 g/mol. The van der Waals surface area contributed by atoms with E-state index in [0.717, 1.165) is 50.1 Å². The molecule has 3 aromatic rings. The van der Waals surface area contributed by atoms with E-state index in [1.54, 1.807) is 23.3 Å².